The molecule has 2 heterocycles. The van der Waals surface area contributed by atoms with Crippen LogP contribution in [-0.2, 0) is 12.8 Å². The van der Waals surface area contributed by atoms with Crippen molar-refractivity contribution in [2.75, 3.05) is 0 Å². The first-order valence-corrected chi connectivity index (χ1v) is 21.3. The Bertz CT molecular complexity index is 3390. The zero-order valence-electron chi connectivity index (χ0n) is 34.4. The Kier molecular flexibility index (Phi) is 9.51. The molecular weight excluding hydrogens is 753 g/mol. The van der Waals surface area contributed by atoms with Crippen LogP contribution in [0.4, 0.5) is 0 Å². The Balaban J connectivity index is 1.00. The predicted octanol–water partition coefficient (Wildman–Crippen LogP) is 14.6. The van der Waals surface area contributed by atoms with Gasteiger partial charge in [0.05, 0.1) is 11.0 Å². The number of nitrogens with zero attached hydrogens (tertiary/aromatic N) is 4. The molecule has 0 aliphatic carbocycles. The zero-order valence-corrected chi connectivity index (χ0v) is 34.4. The van der Waals surface area contributed by atoms with Crippen LogP contribution in [0.1, 0.15) is 16.7 Å². The molecule has 0 unspecified atom stereocenters. The molecule has 0 atom stereocenters. The van der Waals surface area contributed by atoms with Gasteiger partial charge in [-0.3, -0.25) is 0 Å². The normalized spacial score (nSPS) is 11.4. The molecule has 11 rings (SSSR count). The monoisotopic (exact) mass is 794 g/mol. The molecule has 0 radical (unpaired) electrons. The number of fused-ring (bicyclic) bond motifs is 4. The molecule has 0 aliphatic heterocycles. The molecule has 9 aromatic carbocycles. The average Bonchev–Trinajstić information content (AvgIpc) is 3.68. The Morgan fingerprint density at radius 3 is 1.68 bits per heavy atom. The lowest BCUT2D eigenvalue weighted by atomic mass is 9.90. The minimum atomic E-state index is 0.631. The highest BCUT2D eigenvalue weighted by Gasteiger charge is 2.20. The van der Waals surface area contributed by atoms with E-state index in [-0.39, 0.29) is 0 Å². The second-order valence-electron chi connectivity index (χ2n) is 16.0. The molecule has 0 saturated carbocycles. The summed E-state index contributed by atoms with van der Waals surface area (Å²) in [6.45, 7) is 2.20. The molecule has 0 fully saturated rings. The molecule has 11 aromatic rings. The van der Waals surface area contributed by atoms with E-state index in [9.17, 15) is 0 Å². The molecule has 4 heteroatoms. The molecule has 0 bridgehead atoms. The van der Waals surface area contributed by atoms with Crippen molar-refractivity contribution in [3.8, 4) is 62.1 Å². The molecule has 0 amide bonds. The average molecular weight is 795 g/mol. The van der Waals surface area contributed by atoms with Crippen molar-refractivity contribution in [2.24, 2.45) is 0 Å². The highest BCUT2D eigenvalue weighted by Crippen LogP contribution is 2.38. The van der Waals surface area contributed by atoms with Crippen molar-refractivity contribution in [3.63, 3.8) is 0 Å². The number of aryl methyl sites for hydroxylation is 3. The lowest BCUT2D eigenvalue weighted by Crippen LogP contribution is -2.02. The SMILES string of the molecule is Cc1ccccc1-c1cc2ccccc2cc1CCc1ccc(-c2nc(-c3ccc(-c4ccccc4)cc3)nc(-c3cccc4c5ccccc5n(-c5ccccc5)c34)n2)cc1. The highest BCUT2D eigenvalue weighted by atomic mass is 15.0. The number of rotatable bonds is 9. The summed E-state index contributed by atoms with van der Waals surface area (Å²) in [6.07, 6.45) is 1.83. The molecule has 62 heavy (non-hydrogen) atoms. The molecule has 2 aromatic heterocycles. The van der Waals surface area contributed by atoms with Crippen molar-refractivity contribution in [1.82, 2.24) is 19.5 Å². The number of benzene rings is 9. The van der Waals surface area contributed by atoms with Gasteiger partial charge in [-0.15, -0.1) is 0 Å². The van der Waals surface area contributed by atoms with Crippen LogP contribution in [0, 0.1) is 6.92 Å². The van der Waals surface area contributed by atoms with Gasteiger partial charge in [0.2, 0.25) is 0 Å². The van der Waals surface area contributed by atoms with E-state index < -0.39 is 0 Å². The van der Waals surface area contributed by atoms with Crippen molar-refractivity contribution >= 4 is 32.6 Å². The molecule has 294 valence electrons. The van der Waals surface area contributed by atoms with Crippen molar-refractivity contribution in [3.05, 3.63) is 229 Å². The third kappa shape index (κ3) is 6.92. The third-order valence-corrected chi connectivity index (χ3v) is 12.1. The first-order valence-electron chi connectivity index (χ1n) is 21.3. The molecule has 0 aliphatic rings. The van der Waals surface area contributed by atoms with Gasteiger partial charge in [0.1, 0.15) is 0 Å². The zero-order chi connectivity index (χ0) is 41.4. The minimum Gasteiger partial charge on any atom is -0.309 e. The smallest absolute Gasteiger partial charge is 0.166 e. The van der Waals surface area contributed by atoms with Crippen LogP contribution in [0.15, 0.2) is 212 Å². The molecule has 0 spiro atoms. The first kappa shape index (κ1) is 37.1. The highest BCUT2D eigenvalue weighted by molar-refractivity contribution is 6.13. The van der Waals surface area contributed by atoms with E-state index in [1.165, 1.54) is 49.5 Å². The van der Waals surface area contributed by atoms with E-state index in [4.69, 9.17) is 15.0 Å². The second kappa shape index (κ2) is 15.9. The summed E-state index contributed by atoms with van der Waals surface area (Å²) in [7, 11) is 0. The van der Waals surface area contributed by atoms with Gasteiger partial charge in [-0.05, 0) is 99.8 Å². The Labute approximate surface area is 361 Å². The summed E-state index contributed by atoms with van der Waals surface area (Å²) in [4.78, 5) is 15.7. The lowest BCUT2D eigenvalue weighted by Gasteiger charge is -2.15. The maximum Gasteiger partial charge on any atom is 0.166 e. The number of para-hydroxylation sites is 3. The van der Waals surface area contributed by atoms with Crippen LogP contribution < -0.4 is 0 Å². The van der Waals surface area contributed by atoms with Crippen LogP contribution in [0.3, 0.4) is 0 Å². The van der Waals surface area contributed by atoms with Crippen molar-refractivity contribution in [1.29, 1.82) is 0 Å². The number of hydrogen-bond donors (Lipinski definition) is 0. The van der Waals surface area contributed by atoms with Gasteiger partial charge in [-0.2, -0.15) is 0 Å². The first-order chi connectivity index (χ1) is 30.6. The largest absolute Gasteiger partial charge is 0.309 e. The number of aromatic nitrogens is 4. The summed E-state index contributed by atoms with van der Waals surface area (Å²) in [5.74, 6) is 1.90. The predicted molar refractivity (Wildman–Crippen MR) is 257 cm³/mol. The van der Waals surface area contributed by atoms with Crippen molar-refractivity contribution < 1.29 is 0 Å². The summed E-state index contributed by atoms with van der Waals surface area (Å²) >= 11 is 0. The van der Waals surface area contributed by atoms with Gasteiger partial charge < -0.3 is 4.57 Å². The molecular formula is C58H42N4. The van der Waals surface area contributed by atoms with E-state index in [0.29, 0.717) is 17.5 Å². The summed E-state index contributed by atoms with van der Waals surface area (Å²) in [5.41, 5.74) is 14.9. The Hall–Kier alpha value is -7.95. The van der Waals surface area contributed by atoms with Crippen LogP contribution >= 0.6 is 0 Å². The van der Waals surface area contributed by atoms with Gasteiger partial charge >= 0.3 is 0 Å². The molecule has 4 nitrogen and oxygen atoms in total. The van der Waals surface area contributed by atoms with E-state index in [2.05, 4.69) is 218 Å². The van der Waals surface area contributed by atoms with Gasteiger partial charge in [0.15, 0.2) is 17.5 Å². The minimum absolute atomic E-state index is 0.631. The second-order valence-corrected chi connectivity index (χ2v) is 16.0. The van der Waals surface area contributed by atoms with E-state index >= 15 is 0 Å². The van der Waals surface area contributed by atoms with Gasteiger partial charge in [-0.1, -0.05) is 182 Å². The van der Waals surface area contributed by atoms with Crippen LogP contribution in [-0.4, -0.2) is 19.5 Å². The molecule has 0 saturated heterocycles. The maximum atomic E-state index is 5.29. The maximum absolute atomic E-state index is 5.29. The summed E-state index contributed by atoms with van der Waals surface area (Å²) < 4.78 is 2.34. The van der Waals surface area contributed by atoms with Crippen LogP contribution in [0.2, 0.25) is 0 Å². The lowest BCUT2D eigenvalue weighted by molar-refractivity contribution is 0.963. The fraction of sp³-hybridized carbons (Fsp3) is 0.0517. The summed E-state index contributed by atoms with van der Waals surface area (Å²) in [6, 6.07) is 75.5. The van der Waals surface area contributed by atoms with Crippen LogP contribution in [0.5, 0.6) is 0 Å². The van der Waals surface area contributed by atoms with Gasteiger partial charge in [0, 0.05) is 33.2 Å². The standard InChI is InChI=1S/C58H42N4/c1-39-15-8-11-22-49(39)53-38-46-19-10-9-18-45(46)37-47(53)32-29-40-27-30-43(31-28-40)56-59-57(44-35-33-42(34-36-44)41-16-4-2-5-17-41)61-58(60-56)52-25-14-24-51-50-23-12-13-26-54(50)62(55(51)52)48-20-6-3-7-21-48/h2-28,30-31,33-38H,29,32H2,1H3. The fourth-order valence-corrected chi connectivity index (χ4v) is 8.96. The topological polar surface area (TPSA) is 43.6 Å². The summed E-state index contributed by atoms with van der Waals surface area (Å²) in [5, 5.41) is 4.87. The van der Waals surface area contributed by atoms with E-state index in [1.54, 1.807) is 0 Å². The van der Waals surface area contributed by atoms with E-state index in [1.807, 2.05) is 6.07 Å². The third-order valence-electron chi connectivity index (χ3n) is 12.1. The quantitative estimate of drug-likeness (QED) is 0.146. The van der Waals surface area contributed by atoms with E-state index in [0.717, 1.165) is 57.2 Å². The number of hydrogen-bond acceptors (Lipinski definition) is 3. The molecule has 0 N–H and O–H groups in total. The fourth-order valence-electron chi connectivity index (χ4n) is 8.96. The van der Waals surface area contributed by atoms with Crippen molar-refractivity contribution in [2.45, 2.75) is 19.8 Å². The Morgan fingerprint density at radius 1 is 0.387 bits per heavy atom. The van der Waals surface area contributed by atoms with Gasteiger partial charge in [-0.25, -0.2) is 15.0 Å². The van der Waals surface area contributed by atoms with Gasteiger partial charge in [0.25, 0.3) is 0 Å². The van der Waals surface area contributed by atoms with Crippen LogP contribution in [0.25, 0.3) is 94.7 Å². The Morgan fingerprint density at radius 2 is 0.935 bits per heavy atom.